The van der Waals surface area contributed by atoms with Crippen molar-refractivity contribution in [3.63, 3.8) is 0 Å². The molecule has 28 heavy (non-hydrogen) atoms. The number of pyridine rings is 1. The molecule has 0 atom stereocenters. The van der Waals surface area contributed by atoms with Crippen molar-refractivity contribution in [2.24, 2.45) is 5.92 Å². The van der Waals surface area contributed by atoms with Gasteiger partial charge in [0, 0.05) is 6.54 Å². The quantitative estimate of drug-likeness (QED) is 0.718. The molecule has 5 nitrogen and oxygen atoms in total. The molecule has 0 saturated heterocycles. The summed E-state index contributed by atoms with van der Waals surface area (Å²) in [5.74, 6) is 0.452. The summed E-state index contributed by atoms with van der Waals surface area (Å²) in [6.45, 7) is 4.82. The average Bonchev–Trinajstić information content (AvgIpc) is 2.66. The summed E-state index contributed by atoms with van der Waals surface area (Å²) < 4.78 is 27.2. The summed E-state index contributed by atoms with van der Waals surface area (Å²) in [6, 6.07) is 16.2. The van der Waals surface area contributed by atoms with E-state index in [1.165, 1.54) is 0 Å². The standard InChI is InChI=1S/C22H22N2O3S/c1-15(2)11-12-24-20-9-5-3-7-16(20)13-17(22(24)25)19-14-28(26,27)21-10-6-4-8-18(21)23-19/h3-10,13-15,23H,11-12H2,1-2H3. The van der Waals surface area contributed by atoms with E-state index >= 15 is 0 Å². The predicted octanol–water partition coefficient (Wildman–Crippen LogP) is 4.25. The molecule has 0 amide bonds. The lowest BCUT2D eigenvalue weighted by atomic mass is 10.1. The number of nitrogens with one attached hydrogen (secondary N) is 1. The third-order valence-electron chi connectivity index (χ3n) is 4.96. The Labute approximate surface area is 164 Å². The lowest BCUT2D eigenvalue weighted by molar-refractivity contribution is 0.516. The first kappa shape index (κ1) is 18.5. The lowest BCUT2D eigenvalue weighted by Gasteiger charge is -2.21. The van der Waals surface area contributed by atoms with Gasteiger partial charge in [-0.05, 0) is 42.0 Å². The maximum Gasteiger partial charge on any atom is 0.260 e. The molecule has 2 aromatic carbocycles. The maximum absolute atomic E-state index is 13.3. The smallest absolute Gasteiger partial charge is 0.260 e. The van der Waals surface area contributed by atoms with Crippen molar-refractivity contribution in [2.75, 3.05) is 5.32 Å². The Morgan fingerprint density at radius 3 is 2.54 bits per heavy atom. The molecule has 1 aliphatic heterocycles. The molecule has 144 valence electrons. The summed E-state index contributed by atoms with van der Waals surface area (Å²) in [6.07, 6.45) is 0.862. The Hall–Kier alpha value is -2.86. The van der Waals surface area contributed by atoms with Gasteiger partial charge in [0.15, 0.2) is 0 Å². The van der Waals surface area contributed by atoms with Gasteiger partial charge in [0.05, 0.1) is 32.8 Å². The number of aryl methyl sites for hydroxylation is 1. The Kier molecular flexibility index (Phi) is 4.59. The number of para-hydroxylation sites is 2. The zero-order chi connectivity index (χ0) is 19.9. The van der Waals surface area contributed by atoms with Crippen molar-refractivity contribution in [1.82, 2.24) is 4.57 Å². The molecule has 4 rings (SSSR count). The number of hydrogen-bond acceptors (Lipinski definition) is 4. The monoisotopic (exact) mass is 394 g/mol. The van der Waals surface area contributed by atoms with E-state index in [0.717, 1.165) is 22.7 Å². The van der Waals surface area contributed by atoms with E-state index in [2.05, 4.69) is 19.2 Å². The van der Waals surface area contributed by atoms with Crippen LogP contribution in [0.2, 0.25) is 0 Å². The Bertz CT molecular complexity index is 1250. The minimum Gasteiger partial charge on any atom is -0.353 e. The topological polar surface area (TPSA) is 68.2 Å². The summed E-state index contributed by atoms with van der Waals surface area (Å²) in [5.41, 5.74) is 1.83. The molecular weight excluding hydrogens is 372 g/mol. The van der Waals surface area contributed by atoms with E-state index in [4.69, 9.17) is 0 Å². The highest BCUT2D eigenvalue weighted by atomic mass is 32.2. The largest absolute Gasteiger partial charge is 0.353 e. The third-order valence-corrected chi connectivity index (χ3v) is 6.47. The van der Waals surface area contributed by atoms with Crippen LogP contribution in [0.5, 0.6) is 0 Å². The minimum atomic E-state index is -3.62. The second-order valence-corrected chi connectivity index (χ2v) is 9.22. The van der Waals surface area contributed by atoms with Gasteiger partial charge in [-0.25, -0.2) is 8.42 Å². The fraction of sp³-hybridized carbons (Fsp3) is 0.227. The molecule has 0 bridgehead atoms. The van der Waals surface area contributed by atoms with Crippen molar-refractivity contribution in [3.8, 4) is 0 Å². The number of benzene rings is 2. The molecule has 0 spiro atoms. The molecule has 0 saturated carbocycles. The van der Waals surface area contributed by atoms with Gasteiger partial charge in [-0.1, -0.05) is 44.2 Å². The summed E-state index contributed by atoms with van der Waals surface area (Å²) >= 11 is 0. The van der Waals surface area contributed by atoms with Gasteiger partial charge in [-0.3, -0.25) is 4.79 Å². The number of hydrogen-bond donors (Lipinski definition) is 1. The normalized spacial score (nSPS) is 15.2. The summed E-state index contributed by atoms with van der Waals surface area (Å²) in [4.78, 5) is 13.5. The van der Waals surface area contributed by atoms with Crippen LogP contribution in [0.3, 0.4) is 0 Å². The van der Waals surface area contributed by atoms with Gasteiger partial charge in [0.1, 0.15) is 0 Å². The van der Waals surface area contributed by atoms with Gasteiger partial charge < -0.3 is 9.88 Å². The highest BCUT2D eigenvalue weighted by Gasteiger charge is 2.25. The van der Waals surface area contributed by atoms with Gasteiger partial charge in [0.2, 0.25) is 9.84 Å². The molecule has 6 heteroatoms. The lowest BCUT2D eigenvalue weighted by Crippen LogP contribution is -2.27. The van der Waals surface area contributed by atoms with E-state index in [1.54, 1.807) is 34.9 Å². The molecule has 0 unspecified atom stereocenters. The summed E-state index contributed by atoms with van der Waals surface area (Å²) in [5, 5.41) is 5.20. The van der Waals surface area contributed by atoms with Crippen LogP contribution in [0.15, 0.2) is 69.7 Å². The molecular formula is C22H22N2O3S. The van der Waals surface area contributed by atoms with Gasteiger partial charge in [-0.15, -0.1) is 0 Å². The third kappa shape index (κ3) is 3.24. The Balaban J connectivity index is 1.92. The van der Waals surface area contributed by atoms with Crippen molar-refractivity contribution in [3.05, 3.63) is 75.9 Å². The van der Waals surface area contributed by atoms with Crippen LogP contribution in [-0.2, 0) is 16.4 Å². The number of fused-ring (bicyclic) bond motifs is 2. The number of anilines is 1. The minimum absolute atomic E-state index is 0.187. The first-order valence-electron chi connectivity index (χ1n) is 9.32. The van der Waals surface area contributed by atoms with Crippen LogP contribution in [0.4, 0.5) is 5.69 Å². The highest BCUT2D eigenvalue weighted by Crippen LogP contribution is 2.32. The zero-order valence-electron chi connectivity index (χ0n) is 15.8. The van der Waals surface area contributed by atoms with Crippen molar-refractivity contribution in [1.29, 1.82) is 0 Å². The second kappa shape index (κ2) is 6.95. The average molecular weight is 394 g/mol. The van der Waals surface area contributed by atoms with E-state index < -0.39 is 9.84 Å². The SMILES string of the molecule is CC(C)CCn1c(=O)c(C2=CS(=O)(=O)c3ccccc3N2)cc2ccccc21. The Morgan fingerprint density at radius 1 is 1.04 bits per heavy atom. The van der Waals surface area contributed by atoms with Crippen molar-refractivity contribution >= 4 is 32.1 Å². The van der Waals surface area contributed by atoms with Crippen LogP contribution in [0, 0.1) is 5.92 Å². The van der Waals surface area contributed by atoms with E-state index in [1.807, 2.05) is 24.3 Å². The predicted molar refractivity (Wildman–Crippen MR) is 113 cm³/mol. The van der Waals surface area contributed by atoms with Crippen LogP contribution in [-0.4, -0.2) is 13.0 Å². The Morgan fingerprint density at radius 2 is 1.75 bits per heavy atom. The molecule has 2 heterocycles. The molecule has 0 fully saturated rings. The second-order valence-electron chi connectivity index (χ2n) is 7.45. The summed E-state index contributed by atoms with van der Waals surface area (Å²) in [7, 11) is -3.62. The van der Waals surface area contributed by atoms with E-state index in [0.29, 0.717) is 29.4 Å². The van der Waals surface area contributed by atoms with Crippen molar-refractivity contribution < 1.29 is 8.42 Å². The van der Waals surface area contributed by atoms with Crippen LogP contribution in [0.1, 0.15) is 25.8 Å². The van der Waals surface area contributed by atoms with Crippen LogP contribution < -0.4 is 10.9 Å². The van der Waals surface area contributed by atoms with Crippen molar-refractivity contribution in [2.45, 2.75) is 31.7 Å². The molecule has 0 aliphatic carbocycles. The first-order valence-corrected chi connectivity index (χ1v) is 10.9. The van der Waals surface area contributed by atoms with Crippen LogP contribution in [0.25, 0.3) is 16.6 Å². The number of sulfone groups is 1. The molecule has 3 aromatic rings. The highest BCUT2D eigenvalue weighted by molar-refractivity contribution is 7.94. The molecule has 1 aromatic heterocycles. The van der Waals surface area contributed by atoms with Gasteiger partial charge in [0.25, 0.3) is 5.56 Å². The fourth-order valence-electron chi connectivity index (χ4n) is 3.47. The fourth-order valence-corrected chi connectivity index (χ4v) is 4.79. The van der Waals surface area contributed by atoms with Gasteiger partial charge >= 0.3 is 0 Å². The van der Waals surface area contributed by atoms with Crippen LogP contribution >= 0.6 is 0 Å². The van der Waals surface area contributed by atoms with E-state index in [-0.39, 0.29) is 10.5 Å². The zero-order valence-corrected chi connectivity index (χ0v) is 16.7. The van der Waals surface area contributed by atoms with Gasteiger partial charge in [-0.2, -0.15) is 0 Å². The molecule has 1 N–H and O–H groups in total. The van der Waals surface area contributed by atoms with E-state index in [9.17, 15) is 13.2 Å². The number of rotatable bonds is 4. The number of nitrogens with zero attached hydrogens (tertiary/aromatic N) is 1. The molecule has 0 radical (unpaired) electrons. The molecule has 1 aliphatic rings. The first-order chi connectivity index (χ1) is 13.4. The number of aromatic nitrogens is 1. The maximum atomic E-state index is 13.3.